The Morgan fingerprint density at radius 3 is 2.64 bits per heavy atom. The van der Waals surface area contributed by atoms with Crippen molar-refractivity contribution in [2.45, 2.75) is 32.7 Å². The van der Waals surface area contributed by atoms with Crippen molar-refractivity contribution in [1.82, 2.24) is 5.32 Å². The van der Waals surface area contributed by atoms with E-state index in [1.807, 2.05) is 13.8 Å². The van der Waals surface area contributed by atoms with Crippen LogP contribution in [-0.2, 0) is 4.79 Å². The lowest BCUT2D eigenvalue weighted by Gasteiger charge is -2.14. The lowest BCUT2D eigenvalue weighted by atomic mass is 10.1. The van der Waals surface area contributed by atoms with Gasteiger partial charge in [0, 0.05) is 18.0 Å². The first-order valence-electron chi connectivity index (χ1n) is 4.09. The lowest BCUT2D eigenvalue weighted by molar-refractivity contribution is -0.126. The molecule has 3 N–H and O–H groups in total. The lowest BCUT2D eigenvalue weighted by Crippen LogP contribution is -2.41. The van der Waals surface area contributed by atoms with Crippen LogP contribution in [0.25, 0.3) is 0 Å². The first kappa shape index (κ1) is 8.53. The van der Waals surface area contributed by atoms with Gasteiger partial charge in [-0.05, 0) is 19.8 Å². The highest BCUT2D eigenvalue weighted by Gasteiger charge is 2.44. The Kier molecular flexibility index (Phi) is 2.18. The summed E-state index contributed by atoms with van der Waals surface area (Å²) >= 11 is 0. The molecule has 0 heterocycles. The summed E-state index contributed by atoms with van der Waals surface area (Å²) < 4.78 is 0. The van der Waals surface area contributed by atoms with Crippen molar-refractivity contribution < 1.29 is 4.79 Å². The van der Waals surface area contributed by atoms with Crippen LogP contribution in [0.15, 0.2) is 0 Å². The Labute approximate surface area is 67.3 Å². The minimum atomic E-state index is -0.0660. The van der Waals surface area contributed by atoms with Gasteiger partial charge in [-0.3, -0.25) is 4.79 Å². The minimum absolute atomic E-state index is 0.0660. The second-order valence-electron chi connectivity index (χ2n) is 3.67. The number of rotatable bonds is 3. The molecule has 0 saturated heterocycles. The Bertz CT molecular complexity index is 163. The molecule has 0 aromatic rings. The normalized spacial score (nSPS) is 22.5. The smallest absolute Gasteiger partial charge is 0.226 e. The fourth-order valence-corrected chi connectivity index (χ4v) is 0.872. The van der Waals surface area contributed by atoms with Crippen LogP contribution in [0.5, 0.6) is 0 Å². The van der Waals surface area contributed by atoms with E-state index in [2.05, 4.69) is 5.32 Å². The van der Waals surface area contributed by atoms with Crippen LogP contribution in [-0.4, -0.2) is 18.5 Å². The molecule has 64 valence electrons. The molecule has 1 atom stereocenters. The third-order valence-corrected chi connectivity index (χ3v) is 2.28. The van der Waals surface area contributed by atoms with E-state index in [0.717, 1.165) is 12.8 Å². The van der Waals surface area contributed by atoms with E-state index in [-0.39, 0.29) is 17.4 Å². The van der Waals surface area contributed by atoms with Crippen LogP contribution in [0.4, 0.5) is 0 Å². The number of carbonyl (C=O) groups is 1. The van der Waals surface area contributed by atoms with E-state index < -0.39 is 0 Å². The van der Waals surface area contributed by atoms with Crippen molar-refractivity contribution in [3.63, 3.8) is 0 Å². The summed E-state index contributed by atoms with van der Waals surface area (Å²) in [6.07, 6.45) is 2.05. The van der Waals surface area contributed by atoms with E-state index in [9.17, 15) is 4.79 Å². The molecule has 1 aliphatic rings. The van der Waals surface area contributed by atoms with E-state index in [0.29, 0.717) is 6.54 Å². The number of hydrogen-bond acceptors (Lipinski definition) is 2. The molecular weight excluding hydrogens is 140 g/mol. The molecule has 1 unspecified atom stereocenters. The maximum absolute atomic E-state index is 11.3. The second-order valence-corrected chi connectivity index (χ2v) is 3.67. The number of nitrogens with one attached hydrogen (secondary N) is 1. The van der Waals surface area contributed by atoms with Crippen LogP contribution in [0.3, 0.4) is 0 Å². The van der Waals surface area contributed by atoms with Crippen LogP contribution in [0, 0.1) is 5.41 Å². The van der Waals surface area contributed by atoms with Gasteiger partial charge in [-0.2, -0.15) is 0 Å². The topological polar surface area (TPSA) is 55.1 Å². The predicted octanol–water partition coefficient (Wildman–Crippen LogP) is 0.250. The highest BCUT2D eigenvalue weighted by Crippen LogP contribution is 2.44. The van der Waals surface area contributed by atoms with Crippen LogP contribution in [0.2, 0.25) is 0 Å². The van der Waals surface area contributed by atoms with Gasteiger partial charge in [0.25, 0.3) is 0 Å². The fourth-order valence-electron chi connectivity index (χ4n) is 0.872. The minimum Gasteiger partial charge on any atom is -0.352 e. The van der Waals surface area contributed by atoms with E-state index in [1.165, 1.54) is 0 Å². The zero-order chi connectivity index (χ0) is 8.48. The monoisotopic (exact) mass is 156 g/mol. The zero-order valence-corrected chi connectivity index (χ0v) is 7.18. The highest BCUT2D eigenvalue weighted by molar-refractivity contribution is 5.84. The summed E-state index contributed by atoms with van der Waals surface area (Å²) in [5.41, 5.74) is 5.30. The van der Waals surface area contributed by atoms with Crippen molar-refractivity contribution in [3.05, 3.63) is 0 Å². The molecule has 1 amide bonds. The third-order valence-electron chi connectivity index (χ3n) is 2.28. The van der Waals surface area contributed by atoms with Gasteiger partial charge in [-0.15, -0.1) is 0 Å². The summed E-state index contributed by atoms with van der Waals surface area (Å²) in [5.74, 6) is 0.162. The molecule has 0 aliphatic heterocycles. The van der Waals surface area contributed by atoms with Gasteiger partial charge in [0.05, 0.1) is 0 Å². The zero-order valence-electron chi connectivity index (χ0n) is 7.18. The maximum atomic E-state index is 11.3. The number of carbonyl (C=O) groups excluding carboxylic acids is 1. The van der Waals surface area contributed by atoms with Gasteiger partial charge in [-0.1, -0.05) is 6.92 Å². The van der Waals surface area contributed by atoms with E-state index in [1.54, 1.807) is 0 Å². The average molecular weight is 156 g/mol. The van der Waals surface area contributed by atoms with E-state index >= 15 is 0 Å². The summed E-state index contributed by atoms with van der Waals surface area (Å²) in [6.45, 7) is 4.43. The third kappa shape index (κ3) is 1.93. The molecule has 0 radical (unpaired) electrons. The maximum Gasteiger partial charge on any atom is 0.226 e. The van der Waals surface area contributed by atoms with Crippen LogP contribution < -0.4 is 11.1 Å². The molecule has 1 fully saturated rings. The SMILES string of the molecule is CC(CN)NC(=O)C1(C)CC1. The number of amides is 1. The first-order chi connectivity index (χ1) is 5.08. The molecular formula is C8H16N2O. The fraction of sp³-hybridized carbons (Fsp3) is 0.875. The molecule has 1 saturated carbocycles. The standard InChI is InChI=1S/C8H16N2O/c1-6(5-9)10-7(11)8(2)3-4-8/h6H,3-5,9H2,1-2H3,(H,10,11). The van der Waals surface area contributed by atoms with Gasteiger partial charge in [0.15, 0.2) is 0 Å². The largest absolute Gasteiger partial charge is 0.352 e. The quantitative estimate of drug-likeness (QED) is 0.615. The molecule has 0 aromatic heterocycles. The van der Waals surface area contributed by atoms with Crippen LogP contribution >= 0.6 is 0 Å². The highest BCUT2D eigenvalue weighted by atomic mass is 16.2. The Morgan fingerprint density at radius 1 is 1.73 bits per heavy atom. The van der Waals surface area contributed by atoms with Crippen molar-refractivity contribution in [3.8, 4) is 0 Å². The van der Waals surface area contributed by atoms with Crippen molar-refractivity contribution in [1.29, 1.82) is 0 Å². The second kappa shape index (κ2) is 2.81. The molecule has 3 heteroatoms. The van der Waals surface area contributed by atoms with Crippen molar-refractivity contribution >= 4 is 5.91 Å². The van der Waals surface area contributed by atoms with Gasteiger partial charge in [0.1, 0.15) is 0 Å². The molecule has 0 spiro atoms. The molecule has 1 aliphatic carbocycles. The van der Waals surface area contributed by atoms with E-state index in [4.69, 9.17) is 5.73 Å². The predicted molar refractivity (Wildman–Crippen MR) is 44.0 cm³/mol. The summed E-state index contributed by atoms with van der Waals surface area (Å²) in [5, 5.41) is 2.87. The van der Waals surface area contributed by atoms with Crippen molar-refractivity contribution in [2.75, 3.05) is 6.54 Å². The average Bonchev–Trinajstić information content (AvgIpc) is 2.69. The summed E-state index contributed by atoms with van der Waals surface area (Å²) in [6, 6.07) is 0.111. The first-order valence-corrected chi connectivity index (χ1v) is 4.09. The molecule has 0 bridgehead atoms. The van der Waals surface area contributed by atoms with Gasteiger partial charge in [-0.25, -0.2) is 0 Å². The Hall–Kier alpha value is -0.570. The summed E-state index contributed by atoms with van der Waals surface area (Å²) in [4.78, 5) is 11.3. The number of nitrogens with two attached hydrogens (primary N) is 1. The van der Waals surface area contributed by atoms with Gasteiger partial charge < -0.3 is 11.1 Å². The van der Waals surface area contributed by atoms with Crippen LogP contribution in [0.1, 0.15) is 26.7 Å². The number of hydrogen-bond donors (Lipinski definition) is 2. The summed E-state index contributed by atoms with van der Waals surface area (Å²) in [7, 11) is 0. The van der Waals surface area contributed by atoms with Gasteiger partial charge in [0.2, 0.25) is 5.91 Å². The molecule has 11 heavy (non-hydrogen) atoms. The molecule has 0 aromatic carbocycles. The van der Waals surface area contributed by atoms with Gasteiger partial charge >= 0.3 is 0 Å². The molecule has 3 nitrogen and oxygen atoms in total. The Balaban J connectivity index is 2.32. The van der Waals surface area contributed by atoms with Crippen molar-refractivity contribution in [2.24, 2.45) is 11.1 Å². The molecule has 1 rings (SSSR count). The Morgan fingerprint density at radius 2 is 2.27 bits per heavy atom.